The summed E-state index contributed by atoms with van der Waals surface area (Å²) in [5, 5.41) is 6.74. The zero-order valence-electron chi connectivity index (χ0n) is 17.4. The second-order valence-electron chi connectivity index (χ2n) is 7.34. The van der Waals surface area contributed by atoms with Gasteiger partial charge in [0.25, 0.3) is 11.8 Å². The highest BCUT2D eigenvalue weighted by molar-refractivity contribution is 6.04. The van der Waals surface area contributed by atoms with Crippen LogP contribution in [0.25, 0.3) is 10.9 Å². The number of hydrogen-bond acceptors (Lipinski definition) is 3. The minimum absolute atomic E-state index is 0.172. The highest BCUT2D eigenvalue weighted by Crippen LogP contribution is 2.21. The fourth-order valence-electron chi connectivity index (χ4n) is 3.30. The number of carbonyl (C=O) groups excluding carboxylic acids is 2. The van der Waals surface area contributed by atoms with Crippen LogP contribution in [0.1, 0.15) is 32.0 Å². The maximum absolute atomic E-state index is 12.6. The molecule has 0 saturated carbocycles. The Morgan fingerprint density at radius 2 is 1.74 bits per heavy atom. The Morgan fingerprint density at radius 1 is 0.935 bits per heavy atom. The third kappa shape index (κ3) is 4.75. The van der Waals surface area contributed by atoms with Crippen molar-refractivity contribution in [2.75, 3.05) is 12.4 Å². The predicted octanol–water partition coefficient (Wildman–Crippen LogP) is 4.67. The highest BCUT2D eigenvalue weighted by atomic mass is 16.5. The molecule has 0 saturated heterocycles. The smallest absolute Gasteiger partial charge is 0.267 e. The van der Waals surface area contributed by atoms with Crippen molar-refractivity contribution in [1.29, 1.82) is 0 Å². The topological polar surface area (TPSA) is 83.2 Å². The van der Waals surface area contributed by atoms with Gasteiger partial charge in [-0.2, -0.15) is 0 Å². The van der Waals surface area contributed by atoms with Gasteiger partial charge in [0.15, 0.2) is 0 Å². The number of ether oxygens (including phenoxy) is 1. The van der Waals surface area contributed by atoms with Crippen LogP contribution in [0.4, 0.5) is 5.69 Å². The minimum Gasteiger partial charge on any atom is -0.497 e. The van der Waals surface area contributed by atoms with Crippen LogP contribution >= 0.6 is 0 Å². The molecule has 3 N–H and O–H groups in total. The van der Waals surface area contributed by atoms with Gasteiger partial charge >= 0.3 is 0 Å². The van der Waals surface area contributed by atoms with Gasteiger partial charge in [0.1, 0.15) is 11.4 Å². The Balaban J connectivity index is 1.40. The molecule has 0 aliphatic carbocycles. The molecule has 2 amide bonds. The molecule has 0 fully saturated rings. The number of H-pyrrole nitrogens is 1. The lowest BCUT2D eigenvalue weighted by molar-refractivity contribution is 0.0946. The molecular formula is C25H23N3O3. The largest absolute Gasteiger partial charge is 0.497 e. The van der Waals surface area contributed by atoms with E-state index in [0.29, 0.717) is 23.5 Å². The number of fused-ring (bicyclic) bond motifs is 1. The number of hydrogen-bond donors (Lipinski definition) is 3. The number of aromatic amines is 1. The normalized spacial score (nSPS) is 10.6. The molecule has 0 unspecified atom stereocenters. The van der Waals surface area contributed by atoms with Crippen molar-refractivity contribution in [2.24, 2.45) is 0 Å². The maximum atomic E-state index is 12.6. The zero-order chi connectivity index (χ0) is 21.8. The number of nitrogens with one attached hydrogen (secondary N) is 3. The molecule has 3 aromatic carbocycles. The van der Waals surface area contributed by atoms with Gasteiger partial charge < -0.3 is 20.4 Å². The van der Waals surface area contributed by atoms with E-state index >= 15 is 0 Å². The van der Waals surface area contributed by atoms with Crippen LogP contribution in [0.5, 0.6) is 5.75 Å². The van der Waals surface area contributed by atoms with Crippen molar-refractivity contribution < 1.29 is 14.3 Å². The molecular weight excluding hydrogens is 390 g/mol. The number of aryl methyl sites for hydroxylation is 1. The van der Waals surface area contributed by atoms with Gasteiger partial charge in [0.2, 0.25) is 0 Å². The number of amides is 2. The summed E-state index contributed by atoms with van der Waals surface area (Å²) in [4.78, 5) is 28.1. The van der Waals surface area contributed by atoms with E-state index in [4.69, 9.17) is 4.74 Å². The number of rotatable bonds is 6. The molecule has 1 aromatic heterocycles. The number of methoxy groups -OCH3 is 1. The average molecular weight is 413 g/mol. The minimum atomic E-state index is -0.204. The summed E-state index contributed by atoms with van der Waals surface area (Å²) in [6.07, 6.45) is 0. The summed E-state index contributed by atoms with van der Waals surface area (Å²) in [7, 11) is 1.61. The van der Waals surface area contributed by atoms with E-state index in [-0.39, 0.29) is 11.8 Å². The van der Waals surface area contributed by atoms with E-state index in [1.54, 1.807) is 19.2 Å². The Hall–Kier alpha value is -4.06. The lowest BCUT2D eigenvalue weighted by atomic mass is 10.1. The van der Waals surface area contributed by atoms with Crippen molar-refractivity contribution in [3.05, 3.63) is 95.2 Å². The van der Waals surface area contributed by atoms with Crippen LogP contribution in [-0.4, -0.2) is 23.9 Å². The second kappa shape index (κ2) is 8.75. The first kappa shape index (κ1) is 20.2. The van der Waals surface area contributed by atoms with Gasteiger partial charge in [-0.25, -0.2) is 0 Å². The number of benzene rings is 3. The third-order valence-corrected chi connectivity index (χ3v) is 5.03. The molecule has 4 aromatic rings. The maximum Gasteiger partial charge on any atom is 0.267 e. The van der Waals surface area contributed by atoms with Crippen molar-refractivity contribution in [2.45, 2.75) is 13.5 Å². The first-order chi connectivity index (χ1) is 15.0. The van der Waals surface area contributed by atoms with E-state index in [9.17, 15) is 9.59 Å². The molecule has 4 rings (SSSR count). The first-order valence-corrected chi connectivity index (χ1v) is 9.94. The lowest BCUT2D eigenvalue weighted by Crippen LogP contribution is -2.23. The predicted molar refractivity (Wildman–Crippen MR) is 122 cm³/mol. The van der Waals surface area contributed by atoms with Crippen LogP contribution in [0.3, 0.4) is 0 Å². The molecule has 0 spiro atoms. The Bertz CT molecular complexity index is 1240. The molecule has 31 heavy (non-hydrogen) atoms. The summed E-state index contributed by atoms with van der Waals surface area (Å²) in [5.74, 6) is 0.352. The Kier molecular flexibility index (Phi) is 5.71. The van der Waals surface area contributed by atoms with Crippen molar-refractivity contribution in [3.8, 4) is 5.75 Å². The quantitative estimate of drug-likeness (QED) is 0.430. The molecule has 6 nitrogen and oxygen atoms in total. The van der Waals surface area contributed by atoms with Crippen molar-refractivity contribution in [1.82, 2.24) is 10.3 Å². The number of anilines is 1. The molecule has 1 heterocycles. The van der Waals surface area contributed by atoms with E-state index in [2.05, 4.69) is 15.6 Å². The fourth-order valence-corrected chi connectivity index (χ4v) is 3.30. The van der Waals surface area contributed by atoms with Gasteiger partial charge in [-0.05, 0) is 55.0 Å². The monoisotopic (exact) mass is 413 g/mol. The number of carbonyl (C=O) groups is 2. The van der Waals surface area contributed by atoms with Gasteiger partial charge in [-0.3, -0.25) is 9.59 Å². The van der Waals surface area contributed by atoms with E-state index < -0.39 is 0 Å². The molecule has 0 bridgehead atoms. The Morgan fingerprint density at radius 3 is 2.52 bits per heavy atom. The molecule has 0 aliphatic heterocycles. The highest BCUT2D eigenvalue weighted by Gasteiger charge is 2.11. The first-order valence-electron chi connectivity index (χ1n) is 9.94. The summed E-state index contributed by atoms with van der Waals surface area (Å²) in [6, 6.07) is 22.2. The van der Waals surface area contributed by atoms with Crippen LogP contribution < -0.4 is 15.4 Å². The molecule has 156 valence electrons. The van der Waals surface area contributed by atoms with Gasteiger partial charge in [0, 0.05) is 34.8 Å². The van der Waals surface area contributed by atoms with Crippen molar-refractivity contribution >= 4 is 28.4 Å². The van der Waals surface area contributed by atoms with Gasteiger partial charge in [0.05, 0.1) is 7.11 Å². The van der Waals surface area contributed by atoms with E-state index in [0.717, 1.165) is 27.8 Å². The average Bonchev–Trinajstić information content (AvgIpc) is 3.21. The summed E-state index contributed by atoms with van der Waals surface area (Å²) in [5.41, 5.74) is 4.57. The Labute approximate surface area is 180 Å². The van der Waals surface area contributed by atoms with Crippen LogP contribution in [-0.2, 0) is 6.54 Å². The van der Waals surface area contributed by atoms with Gasteiger partial charge in [-0.1, -0.05) is 29.8 Å². The molecule has 6 heteroatoms. The molecule has 0 radical (unpaired) electrons. The van der Waals surface area contributed by atoms with Crippen molar-refractivity contribution in [3.63, 3.8) is 0 Å². The van der Waals surface area contributed by atoms with E-state index in [1.807, 2.05) is 67.6 Å². The zero-order valence-corrected chi connectivity index (χ0v) is 17.4. The fraction of sp³-hybridized carbons (Fsp3) is 0.120. The SMILES string of the molecule is COc1ccc2cc(C(=O)NCc3cccc(NC(=O)c4ccc(C)cc4)c3)[nH]c2c1. The molecule has 0 atom stereocenters. The molecule has 0 aliphatic rings. The second-order valence-corrected chi connectivity index (χ2v) is 7.34. The van der Waals surface area contributed by atoms with Crippen LogP contribution in [0.2, 0.25) is 0 Å². The third-order valence-electron chi connectivity index (χ3n) is 5.03. The van der Waals surface area contributed by atoms with E-state index in [1.165, 1.54) is 0 Å². The lowest BCUT2D eigenvalue weighted by Gasteiger charge is -2.09. The summed E-state index contributed by atoms with van der Waals surface area (Å²) >= 11 is 0. The van der Waals surface area contributed by atoms with Gasteiger partial charge in [-0.15, -0.1) is 0 Å². The summed E-state index contributed by atoms with van der Waals surface area (Å²) < 4.78 is 5.22. The van der Waals surface area contributed by atoms with Crippen LogP contribution in [0.15, 0.2) is 72.8 Å². The summed E-state index contributed by atoms with van der Waals surface area (Å²) in [6.45, 7) is 2.32. The van der Waals surface area contributed by atoms with Crippen LogP contribution in [0, 0.1) is 6.92 Å². The standard InChI is InChI=1S/C25H23N3O3/c1-16-6-8-18(9-7-16)24(29)27-20-5-3-4-17(12-20)15-26-25(30)23-13-19-10-11-21(31-2)14-22(19)28-23/h3-14,28H,15H2,1-2H3,(H,26,30)(H,27,29). The number of aromatic nitrogens is 1.